The third-order valence-electron chi connectivity index (χ3n) is 2.61. The van der Waals surface area contributed by atoms with Gasteiger partial charge in [0.1, 0.15) is 0 Å². The van der Waals surface area contributed by atoms with E-state index in [-0.39, 0.29) is 12.3 Å². The van der Waals surface area contributed by atoms with E-state index < -0.39 is 4.92 Å². The van der Waals surface area contributed by atoms with E-state index >= 15 is 0 Å². The second-order valence-corrected chi connectivity index (χ2v) is 3.83. The third kappa shape index (κ3) is 3.59. The Bertz CT molecular complexity index is 410. The van der Waals surface area contributed by atoms with Crippen molar-refractivity contribution in [1.82, 2.24) is 0 Å². The van der Waals surface area contributed by atoms with Crippen LogP contribution in [-0.4, -0.2) is 36.3 Å². The molecule has 0 unspecified atom stereocenters. The predicted molar refractivity (Wildman–Crippen MR) is 72.2 cm³/mol. The van der Waals surface area contributed by atoms with Gasteiger partial charge in [-0.3, -0.25) is 10.1 Å². The Hall–Kier alpha value is -1.82. The molecule has 2 N–H and O–H groups in total. The summed E-state index contributed by atoms with van der Waals surface area (Å²) in [5.74, 6) is 0. The average molecular weight is 253 g/mol. The van der Waals surface area contributed by atoms with Gasteiger partial charge >= 0.3 is 0 Å². The molecule has 6 nitrogen and oxygen atoms in total. The lowest BCUT2D eigenvalue weighted by molar-refractivity contribution is -0.384. The van der Waals surface area contributed by atoms with Crippen molar-refractivity contribution in [3.8, 4) is 0 Å². The number of hydrogen-bond donors (Lipinski definition) is 2. The number of benzene rings is 1. The summed E-state index contributed by atoms with van der Waals surface area (Å²) in [4.78, 5) is 12.4. The van der Waals surface area contributed by atoms with Gasteiger partial charge in [0.2, 0.25) is 0 Å². The van der Waals surface area contributed by atoms with Crippen LogP contribution in [0.1, 0.15) is 13.8 Å². The van der Waals surface area contributed by atoms with Crippen LogP contribution in [0.3, 0.4) is 0 Å². The minimum absolute atomic E-state index is 0.0209. The molecular weight excluding hydrogens is 234 g/mol. The van der Waals surface area contributed by atoms with Crippen molar-refractivity contribution < 1.29 is 10.0 Å². The highest BCUT2D eigenvalue weighted by atomic mass is 16.6. The Morgan fingerprint density at radius 1 is 1.39 bits per heavy atom. The summed E-state index contributed by atoms with van der Waals surface area (Å²) in [7, 11) is 0. The maximum atomic E-state index is 10.9. The van der Waals surface area contributed by atoms with E-state index in [1.165, 1.54) is 12.1 Å². The number of anilines is 2. The van der Waals surface area contributed by atoms with Gasteiger partial charge in [-0.1, -0.05) is 0 Å². The molecule has 0 heterocycles. The Kier molecular flexibility index (Phi) is 5.38. The lowest BCUT2D eigenvalue weighted by Gasteiger charge is -2.22. The number of aliphatic hydroxyl groups is 1. The van der Waals surface area contributed by atoms with Crippen LogP contribution in [0.4, 0.5) is 17.1 Å². The van der Waals surface area contributed by atoms with Crippen LogP contribution in [0.2, 0.25) is 0 Å². The van der Waals surface area contributed by atoms with E-state index in [1.54, 1.807) is 0 Å². The van der Waals surface area contributed by atoms with Crippen molar-refractivity contribution >= 4 is 17.1 Å². The topological polar surface area (TPSA) is 78.6 Å². The van der Waals surface area contributed by atoms with Gasteiger partial charge in [-0.2, -0.15) is 0 Å². The normalized spacial score (nSPS) is 10.2. The SMILES string of the molecule is CCNc1cc(N(CC)CCO)cc([N+](=O)[O-])c1. The highest BCUT2D eigenvalue weighted by molar-refractivity contribution is 5.64. The Labute approximate surface area is 106 Å². The molecule has 0 saturated carbocycles. The summed E-state index contributed by atoms with van der Waals surface area (Å²) in [6, 6.07) is 4.90. The number of nitrogens with zero attached hydrogens (tertiary/aromatic N) is 2. The Morgan fingerprint density at radius 2 is 2.11 bits per heavy atom. The molecule has 18 heavy (non-hydrogen) atoms. The zero-order valence-electron chi connectivity index (χ0n) is 10.7. The summed E-state index contributed by atoms with van der Waals surface area (Å²) in [6.07, 6.45) is 0. The van der Waals surface area contributed by atoms with E-state index in [2.05, 4.69) is 5.32 Å². The molecule has 0 fully saturated rings. The molecule has 0 amide bonds. The molecule has 1 aromatic rings. The van der Waals surface area contributed by atoms with E-state index in [0.717, 1.165) is 11.4 Å². The molecule has 0 spiro atoms. The highest BCUT2D eigenvalue weighted by Gasteiger charge is 2.13. The molecule has 100 valence electrons. The van der Waals surface area contributed by atoms with Gasteiger partial charge in [0.15, 0.2) is 0 Å². The van der Waals surface area contributed by atoms with Crippen LogP contribution in [0.15, 0.2) is 18.2 Å². The first kappa shape index (κ1) is 14.2. The Morgan fingerprint density at radius 3 is 2.61 bits per heavy atom. The maximum absolute atomic E-state index is 10.9. The first-order valence-electron chi connectivity index (χ1n) is 6.01. The van der Waals surface area contributed by atoms with Crippen molar-refractivity contribution in [3.63, 3.8) is 0 Å². The third-order valence-corrected chi connectivity index (χ3v) is 2.61. The van der Waals surface area contributed by atoms with Crippen molar-refractivity contribution in [2.75, 3.05) is 36.5 Å². The summed E-state index contributed by atoms with van der Waals surface area (Å²) in [6.45, 7) is 5.75. The summed E-state index contributed by atoms with van der Waals surface area (Å²) in [5, 5.41) is 22.9. The number of rotatable bonds is 7. The van der Waals surface area contributed by atoms with Crippen LogP contribution in [0, 0.1) is 10.1 Å². The maximum Gasteiger partial charge on any atom is 0.273 e. The van der Waals surface area contributed by atoms with Crippen molar-refractivity contribution in [2.24, 2.45) is 0 Å². The second kappa shape index (κ2) is 6.80. The predicted octanol–water partition coefficient (Wildman–Crippen LogP) is 1.85. The first-order valence-corrected chi connectivity index (χ1v) is 6.01. The zero-order valence-corrected chi connectivity index (χ0v) is 10.7. The molecule has 0 bridgehead atoms. The highest BCUT2D eigenvalue weighted by Crippen LogP contribution is 2.26. The van der Waals surface area contributed by atoms with E-state index in [9.17, 15) is 10.1 Å². The van der Waals surface area contributed by atoms with Crippen LogP contribution >= 0.6 is 0 Å². The minimum Gasteiger partial charge on any atom is -0.395 e. The van der Waals surface area contributed by atoms with Gasteiger partial charge in [-0.25, -0.2) is 0 Å². The minimum atomic E-state index is -0.406. The lowest BCUT2D eigenvalue weighted by Crippen LogP contribution is -2.26. The molecule has 1 aromatic carbocycles. The number of likely N-dealkylation sites (N-methyl/N-ethyl adjacent to an activating group) is 1. The number of nitro groups is 1. The zero-order chi connectivity index (χ0) is 13.5. The monoisotopic (exact) mass is 253 g/mol. The van der Waals surface area contributed by atoms with Crippen LogP contribution in [-0.2, 0) is 0 Å². The van der Waals surface area contributed by atoms with Gasteiger partial charge in [0.25, 0.3) is 5.69 Å². The molecular formula is C12H19N3O3. The van der Waals surface area contributed by atoms with E-state index in [1.807, 2.05) is 24.8 Å². The molecule has 0 aliphatic rings. The Balaban J connectivity index is 3.12. The fourth-order valence-electron chi connectivity index (χ4n) is 1.78. The second-order valence-electron chi connectivity index (χ2n) is 3.83. The first-order chi connectivity index (χ1) is 8.62. The average Bonchev–Trinajstić information content (AvgIpc) is 2.35. The number of aliphatic hydroxyl groups excluding tert-OH is 1. The fraction of sp³-hybridized carbons (Fsp3) is 0.500. The fourth-order valence-corrected chi connectivity index (χ4v) is 1.78. The van der Waals surface area contributed by atoms with E-state index in [4.69, 9.17) is 5.11 Å². The quantitative estimate of drug-likeness (QED) is 0.572. The molecule has 0 saturated heterocycles. The van der Waals surface area contributed by atoms with Crippen molar-refractivity contribution in [3.05, 3.63) is 28.3 Å². The van der Waals surface area contributed by atoms with Gasteiger partial charge in [0.05, 0.1) is 11.5 Å². The van der Waals surface area contributed by atoms with Crippen LogP contribution in [0.5, 0.6) is 0 Å². The van der Waals surface area contributed by atoms with Crippen molar-refractivity contribution in [1.29, 1.82) is 0 Å². The number of non-ortho nitro benzene ring substituents is 1. The molecule has 6 heteroatoms. The number of nitrogens with one attached hydrogen (secondary N) is 1. The smallest absolute Gasteiger partial charge is 0.273 e. The number of hydrogen-bond acceptors (Lipinski definition) is 5. The molecule has 0 aliphatic carbocycles. The van der Waals surface area contributed by atoms with Crippen LogP contribution in [0.25, 0.3) is 0 Å². The largest absolute Gasteiger partial charge is 0.395 e. The number of nitro benzene ring substituents is 1. The molecule has 0 aromatic heterocycles. The van der Waals surface area contributed by atoms with Gasteiger partial charge in [0, 0.05) is 43.1 Å². The summed E-state index contributed by atoms with van der Waals surface area (Å²) >= 11 is 0. The molecule has 0 aliphatic heterocycles. The molecule has 0 atom stereocenters. The van der Waals surface area contributed by atoms with Crippen LogP contribution < -0.4 is 10.2 Å². The van der Waals surface area contributed by atoms with Gasteiger partial charge in [-0.05, 0) is 19.9 Å². The molecule has 0 radical (unpaired) electrons. The standard InChI is InChI=1S/C12H19N3O3/c1-3-13-10-7-11(14(4-2)5-6-16)9-12(8-10)15(17)18/h7-9,13,16H,3-6H2,1-2H3. The summed E-state index contributed by atoms with van der Waals surface area (Å²) in [5.41, 5.74) is 1.52. The lowest BCUT2D eigenvalue weighted by atomic mass is 10.2. The molecule has 1 rings (SSSR count). The summed E-state index contributed by atoms with van der Waals surface area (Å²) < 4.78 is 0. The van der Waals surface area contributed by atoms with Gasteiger partial charge < -0.3 is 15.3 Å². The van der Waals surface area contributed by atoms with E-state index in [0.29, 0.717) is 19.6 Å². The van der Waals surface area contributed by atoms with Gasteiger partial charge in [-0.15, -0.1) is 0 Å². The van der Waals surface area contributed by atoms with Crippen molar-refractivity contribution in [2.45, 2.75) is 13.8 Å².